The monoisotopic (exact) mass is 238 g/mol. The average Bonchev–Trinajstić information content (AvgIpc) is 2.17. The fourth-order valence-corrected chi connectivity index (χ4v) is 2.08. The van der Waals surface area contributed by atoms with Gasteiger partial charge in [-0.3, -0.25) is 4.90 Å². The molecule has 1 atom stereocenters. The number of nitrogens with zero attached hydrogens (tertiary/aromatic N) is 1. The van der Waals surface area contributed by atoms with E-state index < -0.39 is 0 Å². The van der Waals surface area contributed by atoms with Gasteiger partial charge in [-0.2, -0.15) is 0 Å². The molecule has 0 amide bonds. The number of hydrogen-bond acceptors (Lipinski definition) is 3. The second kappa shape index (κ2) is 5.94. The molecule has 3 nitrogen and oxygen atoms in total. The minimum absolute atomic E-state index is 0.0986. The van der Waals surface area contributed by atoms with Crippen molar-refractivity contribution in [2.45, 2.75) is 13.0 Å². The van der Waals surface area contributed by atoms with Crippen LogP contribution in [0.15, 0.2) is 24.3 Å². The molecule has 0 saturated heterocycles. The Morgan fingerprint density at radius 2 is 2.25 bits per heavy atom. The Kier molecular flexibility index (Phi) is 4.86. The van der Waals surface area contributed by atoms with E-state index in [1.807, 2.05) is 37.1 Å². The van der Waals surface area contributed by atoms with Crippen molar-refractivity contribution < 1.29 is 5.11 Å². The summed E-state index contributed by atoms with van der Waals surface area (Å²) >= 11 is 5.09. The van der Waals surface area contributed by atoms with Crippen LogP contribution in [-0.4, -0.2) is 35.2 Å². The van der Waals surface area contributed by atoms with Gasteiger partial charge in [0.15, 0.2) is 0 Å². The van der Waals surface area contributed by atoms with E-state index in [1.165, 1.54) is 5.56 Å². The lowest BCUT2D eigenvalue weighted by Crippen LogP contribution is -2.35. The van der Waals surface area contributed by atoms with Gasteiger partial charge in [-0.15, -0.1) is 0 Å². The first-order chi connectivity index (χ1) is 7.56. The number of likely N-dealkylation sites (N-methyl/N-ethyl adjacent to an activating group) is 1. The molecule has 1 aromatic carbocycles. The minimum Gasteiger partial charge on any atom is -0.395 e. The Morgan fingerprint density at radius 1 is 1.56 bits per heavy atom. The average molecular weight is 238 g/mol. The summed E-state index contributed by atoms with van der Waals surface area (Å²) in [5, 5.41) is 8.94. The Morgan fingerprint density at radius 3 is 2.75 bits per heavy atom. The van der Waals surface area contributed by atoms with E-state index in [1.54, 1.807) is 0 Å². The molecule has 0 saturated carbocycles. The molecule has 0 aliphatic heterocycles. The highest BCUT2D eigenvalue weighted by Gasteiger charge is 2.19. The fourth-order valence-electron chi connectivity index (χ4n) is 1.76. The number of nitrogens with two attached hydrogens (primary N) is 1. The molecular formula is C12H18N2OS. The summed E-state index contributed by atoms with van der Waals surface area (Å²) < 4.78 is 0. The third kappa shape index (κ3) is 3.27. The van der Waals surface area contributed by atoms with Gasteiger partial charge in [0.2, 0.25) is 0 Å². The fraction of sp³-hybridized carbons (Fsp3) is 0.417. The molecule has 0 radical (unpaired) electrons. The van der Waals surface area contributed by atoms with Crippen molar-refractivity contribution >= 4 is 17.2 Å². The van der Waals surface area contributed by atoms with E-state index in [2.05, 4.69) is 6.07 Å². The molecule has 0 fully saturated rings. The third-order valence-electron chi connectivity index (χ3n) is 2.52. The van der Waals surface area contributed by atoms with Crippen molar-refractivity contribution in [1.29, 1.82) is 0 Å². The predicted molar refractivity (Wildman–Crippen MR) is 70.4 cm³/mol. The lowest BCUT2D eigenvalue weighted by molar-refractivity contribution is 0.207. The highest BCUT2D eigenvalue weighted by Crippen LogP contribution is 2.20. The van der Waals surface area contributed by atoms with Gasteiger partial charge in [-0.1, -0.05) is 42.0 Å². The second-order valence-corrected chi connectivity index (χ2v) is 4.39. The summed E-state index contributed by atoms with van der Waals surface area (Å²) in [4.78, 5) is 2.39. The van der Waals surface area contributed by atoms with Crippen molar-refractivity contribution in [3.63, 3.8) is 0 Å². The van der Waals surface area contributed by atoms with Crippen LogP contribution in [0.1, 0.15) is 17.2 Å². The van der Waals surface area contributed by atoms with E-state index in [0.29, 0.717) is 11.5 Å². The molecular weight excluding hydrogens is 220 g/mol. The molecule has 0 aliphatic rings. The van der Waals surface area contributed by atoms with E-state index in [-0.39, 0.29) is 12.6 Å². The standard InChI is InChI=1S/C12H18N2OS/c1-9-4-3-5-10(8-9)11(12(13)16)14(2)6-7-15/h3-5,8,11,15H,6-7H2,1-2H3,(H2,13,16). The topological polar surface area (TPSA) is 49.5 Å². The molecule has 16 heavy (non-hydrogen) atoms. The van der Waals surface area contributed by atoms with Gasteiger partial charge in [0.05, 0.1) is 17.6 Å². The quantitative estimate of drug-likeness (QED) is 0.758. The zero-order valence-electron chi connectivity index (χ0n) is 9.68. The second-order valence-electron chi connectivity index (χ2n) is 3.92. The maximum absolute atomic E-state index is 8.94. The lowest BCUT2D eigenvalue weighted by atomic mass is 10.0. The summed E-state index contributed by atoms with van der Waals surface area (Å²) in [6.45, 7) is 2.68. The summed E-state index contributed by atoms with van der Waals surface area (Å²) in [5.41, 5.74) is 8.01. The predicted octanol–water partition coefficient (Wildman–Crippen LogP) is 1.25. The van der Waals surface area contributed by atoms with E-state index in [0.717, 1.165) is 5.56 Å². The Balaban J connectivity index is 2.98. The Labute approximate surface area is 102 Å². The molecule has 1 rings (SSSR count). The van der Waals surface area contributed by atoms with E-state index in [4.69, 9.17) is 23.1 Å². The molecule has 0 aromatic heterocycles. The highest BCUT2D eigenvalue weighted by atomic mass is 32.1. The van der Waals surface area contributed by atoms with Crippen molar-refractivity contribution in [3.8, 4) is 0 Å². The highest BCUT2D eigenvalue weighted by molar-refractivity contribution is 7.80. The normalized spacial score (nSPS) is 12.8. The number of aliphatic hydroxyl groups is 1. The maximum atomic E-state index is 8.94. The van der Waals surface area contributed by atoms with Crippen LogP contribution >= 0.6 is 12.2 Å². The van der Waals surface area contributed by atoms with Crippen LogP contribution in [-0.2, 0) is 0 Å². The smallest absolute Gasteiger partial charge is 0.0948 e. The molecule has 3 N–H and O–H groups in total. The summed E-state index contributed by atoms with van der Waals surface area (Å²) in [6.07, 6.45) is 0. The number of hydrogen-bond donors (Lipinski definition) is 2. The van der Waals surface area contributed by atoms with Gasteiger partial charge in [-0.05, 0) is 19.5 Å². The van der Waals surface area contributed by atoms with Crippen LogP contribution in [0.4, 0.5) is 0 Å². The van der Waals surface area contributed by atoms with Gasteiger partial charge < -0.3 is 10.8 Å². The zero-order valence-corrected chi connectivity index (χ0v) is 10.5. The van der Waals surface area contributed by atoms with Gasteiger partial charge >= 0.3 is 0 Å². The zero-order chi connectivity index (χ0) is 12.1. The molecule has 1 aromatic rings. The van der Waals surface area contributed by atoms with Crippen LogP contribution in [0.2, 0.25) is 0 Å². The van der Waals surface area contributed by atoms with Gasteiger partial charge in [-0.25, -0.2) is 0 Å². The molecule has 1 unspecified atom stereocenters. The molecule has 0 aliphatic carbocycles. The van der Waals surface area contributed by atoms with E-state index in [9.17, 15) is 0 Å². The summed E-state index contributed by atoms with van der Waals surface area (Å²) in [6, 6.07) is 7.99. The largest absolute Gasteiger partial charge is 0.395 e. The minimum atomic E-state index is -0.109. The van der Waals surface area contributed by atoms with E-state index >= 15 is 0 Å². The van der Waals surface area contributed by atoms with Gasteiger partial charge in [0.25, 0.3) is 0 Å². The van der Waals surface area contributed by atoms with Crippen molar-refractivity contribution in [2.24, 2.45) is 5.73 Å². The first kappa shape index (κ1) is 13.1. The molecule has 0 heterocycles. The lowest BCUT2D eigenvalue weighted by Gasteiger charge is -2.27. The Hall–Kier alpha value is -0.970. The summed E-state index contributed by atoms with van der Waals surface area (Å²) in [7, 11) is 1.91. The Bertz CT molecular complexity index is 368. The first-order valence-corrected chi connectivity index (χ1v) is 5.64. The van der Waals surface area contributed by atoms with Crippen molar-refractivity contribution in [1.82, 2.24) is 4.90 Å². The third-order valence-corrected chi connectivity index (χ3v) is 2.74. The molecule has 4 heteroatoms. The van der Waals surface area contributed by atoms with Gasteiger partial charge in [0, 0.05) is 6.54 Å². The van der Waals surface area contributed by atoms with Crippen LogP contribution in [0, 0.1) is 6.92 Å². The van der Waals surface area contributed by atoms with Crippen LogP contribution in [0.25, 0.3) is 0 Å². The first-order valence-electron chi connectivity index (χ1n) is 5.23. The summed E-state index contributed by atoms with van der Waals surface area (Å²) in [5.74, 6) is 0. The van der Waals surface area contributed by atoms with Crippen LogP contribution in [0.5, 0.6) is 0 Å². The van der Waals surface area contributed by atoms with Gasteiger partial charge in [0.1, 0.15) is 0 Å². The SMILES string of the molecule is Cc1cccc(C(C(N)=S)N(C)CCO)c1. The molecule has 0 spiro atoms. The van der Waals surface area contributed by atoms with Crippen molar-refractivity contribution in [2.75, 3.05) is 20.2 Å². The van der Waals surface area contributed by atoms with Crippen LogP contribution in [0.3, 0.4) is 0 Å². The number of rotatable bonds is 5. The van der Waals surface area contributed by atoms with Crippen molar-refractivity contribution in [3.05, 3.63) is 35.4 Å². The molecule has 88 valence electrons. The number of aryl methyl sites for hydroxylation is 1. The number of aliphatic hydroxyl groups excluding tert-OH is 1. The van der Waals surface area contributed by atoms with Crippen LogP contribution < -0.4 is 5.73 Å². The molecule has 0 bridgehead atoms. The number of thiocarbonyl (C=S) groups is 1. The maximum Gasteiger partial charge on any atom is 0.0948 e. The number of benzene rings is 1.